The number of nitrogens with two attached hydrogens (primary N) is 1. The zero-order chi connectivity index (χ0) is 13.1. The largest absolute Gasteiger partial charge is 0.392 e. The lowest BCUT2D eigenvalue weighted by atomic mass is 9.86. The Kier molecular flexibility index (Phi) is 4.22. The molecule has 0 saturated heterocycles. The number of aryl methyl sites for hydroxylation is 1. The van der Waals surface area contributed by atoms with Crippen molar-refractivity contribution in [1.82, 2.24) is 9.78 Å². The first kappa shape index (κ1) is 13.6. The van der Waals surface area contributed by atoms with Crippen molar-refractivity contribution in [1.29, 1.82) is 0 Å². The Balaban J connectivity index is 2.81. The lowest BCUT2D eigenvalue weighted by Crippen LogP contribution is -2.43. The van der Waals surface area contributed by atoms with E-state index in [0.29, 0.717) is 12.1 Å². The number of carbonyl (C=O) groups is 1. The van der Waals surface area contributed by atoms with Crippen molar-refractivity contribution < 1.29 is 4.79 Å². The number of rotatable bonds is 5. The third kappa shape index (κ3) is 2.82. The maximum Gasteiger partial charge on any atom is 0.237 e. The minimum absolute atomic E-state index is 0.192. The molecular weight excluding hydrogens is 236 g/mol. The van der Waals surface area contributed by atoms with Crippen molar-refractivity contribution in [3.8, 4) is 0 Å². The molecule has 17 heavy (non-hydrogen) atoms. The number of nitrogens with one attached hydrogen (secondary N) is 1. The minimum atomic E-state index is -0.816. The Morgan fingerprint density at radius 2 is 2.29 bits per heavy atom. The number of hydrogen-bond donors (Lipinski definition) is 2. The van der Waals surface area contributed by atoms with E-state index >= 15 is 0 Å². The van der Waals surface area contributed by atoms with Crippen LogP contribution in [0.5, 0.6) is 0 Å². The summed E-state index contributed by atoms with van der Waals surface area (Å²) in [6.45, 7) is 6.36. The molecule has 0 bridgehead atoms. The van der Waals surface area contributed by atoms with Gasteiger partial charge in [0.2, 0.25) is 5.91 Å². The molecular formula is C11H18N4OS. The number of carbonyl (C=O) groups excluding carboxylic acids is 1. The van der Waals surface area contributed by atoms with E-state index in [2.05, 4.69) is 10.4 Å². The first-order valence-corrected chi connectivity index (χ1v) is 5.98. The summed E-state index contributed by atoms with van der Waals surface area (Å²) in [4.78, 5) is 12.3. The number of nitrogens with zero attached hydrogens (tertiary/aromatic N) is 2. The van der Waals surface area contributed by atoms with E-state index in [1.807, 2.05) is 13.8 Å². The van der Waals surface area contributed by atoms with Crippen LogP contribution in [0.25, 0.3) is 0 Å². The molecule has 0 aliphatic rings. The summed E-state index contributed by atoms with van der Waals surface area (Å²) in [6.07, 6.45) is 3.95. The van der Waals surface area contributed by atoms with E-state index in [4.69, 9.17) is 18.0 Å². The average molecular weight is 254 g/mol. The zero-order valence-corrected chi connectivity index (χ0v) is 11.2. The second-order valence-electron chi connectivity index (χ2n) is 4.09. The SMILES string of the molecule is CCn1cc(NC(=O)C(C)(CC)C(N)=S)cn1. The summed E-state index contributed by atoms with van der Waals surface area (Å²) in [5.41, 5.74) is 5.46. The quantitative estimate of drug-likeness (QED) is 0.782. The molecule has 0 aromatic carbocycles. The van der Waals surface area contributed by atoms with Crippen molar-refractivity contribution in [2.75, 3.05) is 5.32 Å². The van der Waals surface area contributed by atoms with Gasteiger partial charge in [0, 0.05) is 12.7 Å². The first-order chi connectivity index (χ1) is 7.93. The molecule has 5 nitrogen and oxygen atoms in total. The summed E-state index contributed by atoms with van der Waals surface area (Å²) < 4.78 is 1.74. The molecule has 0 fully saturated rings. The molecule has 1 rings (SSSR count). The highest BCUT2D eigenvalue weighted by molar-refractivity contribution is 7.80. The number of aromatic nitrogens is 2. The van der Waals surface area contributed by atoms with Crippen LogP contribution in [0.1, 0.15) is 27.2 Å². The molecule has 0 aliphatic heterocycles. The average Bonchev–Trinajstić information content (AvgIpc) is 2.75. The standard InChI is InChI=1S/C11H18N4OS/c1-4-11(3,9(12)17)10(16)14-8-6-13-15(5-2)7-8/h6-7H,4-5H2,1-3H3,(H2,12,17)(H,14,16). The molecule has 0 spiro atoms. The molecule has 1 amide bonds. The predicted molar refractivity (Wildman–Crippen MR) is 71.7 cm³/mol. The van der Waals surface area contributed by atoms with Crippen molar-refractivity contribution in [3.05, 3.63) is 12.4 Å². The second-order valence-corrected chi connectivity index (χ2v) is 4.53. The lowest BCUT2D eigenvalue weighted by molar-refractivity contribution is -0.121. The summed E-state index contributed by atoms with van der Waals surface area (Å²) in [6, 6.07) is 0. The smallest absolute Gasteiger partial charge is 0.237 e. The van der Waals surface area contributed by atoms with Crippen molar-refractivity contribution in [2.24, 2.45) is 11.1 Å². The van der Waals surface area contributed by atoms with Gasteiger partial charge in [0.25, 0.3) is 0 Å². The third-order valence-electron chi connectivity index (χ3n) is 2.97. The molecule has 0 radical (unpaired) electrons. The van der Waals surface area contributed by atoms with Gasteiger partial charge < -0.3 is 11.1 Å². The normalized spacial score (nSPS) is 14.1. The van der Waals surface area contributed by atoms with Crippen molar-refractivity contribution in [2.45, 2.75) is 33.7 Å². The highest BCUT2D eigenvalue weighted by Crippen LogP contribution is 2.23. The molecule has 0 saturated carbocycles. The number of amides is 1. The van der Waals surface area contributed by atoms with Crippen LogP contribution in [0, 0.1) is 5.41 Å². The number of hydrogen-bond acceptors (Lipinski definition) is 3. The van der Waals surface area contributed by atoms with Gasteiger partial charge in [-0.3, -0.25) is 9.48 Å². The zero-order valence-electron chi connectivity index (χ0n) is 10.4. The Bertz CT molecular complexity index is 429. The van der Waals surface area contributed by atoms with Crippen LogP contribution in [0.4, 0.5) is 5.69 Å². The van der Waals surface area contributed by atoms with E-state index in [1.165, 1.54) is 0 Å². The van der Waals surface area contributed by atoms with E-state index in [9.17, 15) is 4.79 Å². The molecule has 6 heteroatoms. The van der Waals surface area contributed by atoms with Crippen LogP contribution in [0.2, 0.25) is 0 Å². The van der Waals surface area contributed by atoms with E-state index in [-0.39, 0.29) is 10.9 Å². The van der Waals surface area contributed by atoms with E-state index in [0.717, 1.165) is 6.54 Å². The first-order valence-electron chi connectivity index (χ1n) is 5.57. The maximum atomic E-state index is 12.1. The van der Waals surface area contributed by atoms with Gasteiger partial charge in [-0.05, 0) is 20.3 Å². The summed E-state index contributed by atoms with van der Waals surface area (Å²) in [7, 11) is 0. The summed E-state index contributed by atoms with van der Waals surface area (Å²) >= 11 is 4.95. The van der Waals surface area contributed by atoms with Crippen LogP contribution in [0.3, 0.4) is 0 Å². The Morgan fingerprint density at radius 1 is 1.65 bits per heavy atom. The molecule has 3 N–H and O–H groups in total. The fourth-order valence-corrected chi connectivity index (χ4v) is 1.55. The van der Waals surface area contributed by atoms with Gasteiger partial charge in [0.15, 0.2) is 0 Å². The van der Waals surface area contributed by atoms with Crippen molar-refractivity contribution >= 4 is 28.8 Å². The molecule has 1 aromatic rings. The van der Waals surface area contributed by atoms with E-state index in [1.54, 1.807) is 24.0 Å². The monoisotopic (exact) mass is 254 g/mol. The Hall–Kier alpha value is -1.43. The van der Waals surface area contributed by atoms with Crippen LogP contribution in [-0.4, -0.2) is 20.7 Å². The molecule has 1 heterocycles. The number of thiocarbonyl (C=S) groups is 1. The molecule has 94 valence electrons. The maximum absolute atomic E-state index is 12.1. The highest BCUT2D eigenvalue weighted by Gasteiger charge is 2.34. The third-order valence-corrected chi connectivity index (χ3v) is 3.42. The number of anilines is 1. The Morgan fingerprint density at radius 3 is 2.71 bits per heavy atom. The molecule has 1 aromatic heterocycles. The minimum Gasteiger partial charge on any atom is -0.392 e. The van der Waals surface area contributed by atoms with Gasteiger partial charge in [-0.1, -0.05) is 19.1 Å². The van der Waals surface area contributed by atoms with Gasteiger partial charge in [-0.25, -0.2) is 0 Å². The summed E-state index contributed by atoms with van der Waals surface area (Å²) in [5, 5.41) is 6.86. The fraction of sp³-hybridized carbons (Fsp3) is 0.545. The topological polar surface area (TPSA) is 72.9 Å². The Labute approximate surface area is 106 Å². The van der Waals surface area contributed by atoms with Gasteiger partial charge in [-0.15, -0.1) is 0 Å². The van der Waals surface area contributed by atoms with Crippen LogP contribution in [0.15, 0.2) is 12.4 Å². The van der Waals surface area contributed by atoms with Gasteiger partial charge in [0.05, 0.1) is 22.3 Å². The van der Waals surface area contributed by atoms with Gasteiger partial charge >= 0.3 is 0 Å². The fourth-order valence-electron chi connectivity index (χ4n) is 1.32. The highest BCUT2D eigenvalue weighted by atomic mass is 32.1. The van der Waals surface area contributed by atoms with Crippen LogP contribution < -0.4 is 11.1 Å². The molecule has 1 unspecified atom stereocenters. The van der Waals surface area contributed by atoms with Crippen LogP contribution >= 0.6 is 12.2 Å². The second kappa shape index (κ2) is 5.27. The summed E-state index contributed by atoms with van der Waals surface area (Å²) in [5.74, 6) is -0.192. The van der Waals surface area contributed by atoms with Crippen LogP contribution in [-0.2, 0) is 11.3 Å². The van der Waals surface area contributed by atoms with Gasteiger partial charge in [-0.2, -0.15) is 5.10 Å². The lowest BCUT2D eigenvalue weighted by Gasteiger charge is -2.24. The predicted octanol–water partition coefficient (Wildman–Crippen LogP) is 1.54. The van der Waals surface area contributed by atoms with E-state index < -0.39 is 5.41 Å². The molecule has 1 atom stereocenters. The molecule has 0 aliphatic carbocycles. The van der Waals surface area contributed by atoms with Gasteiger partial charge in [0.1, 0.15) is 0 Å². The van der Waals surface area contributed by atoms with Crippen molar-refractivity contribution in [3.63, 3.8) is 0 Å².